The smallest absolute Gasteiger partial charge is 0.250 e. The van der Waals surface area contributed by atoms with Crippen LogP contribution in [0.15, 0.2) is 30.3 Å². The van der Waals surface area contributed by atoms with Crippen molar-refractivity contribution in [1.82, 2.24) is 5.32 Å². The predicted octanol–water partition coefficient (Wildman–Crippen LogP) is 3.26. The van der Waals surface area contributed by atoms with Crippen LogP contribution in [0.1, 0.15) is 4.88 Å². The number of benzene rings is 1. The van der Waals surface area contributed by atoms with E-state index in [1.165, 1.54) is 10.1 Å². The highest BCUT2D eigenvalue weighted by molar-refractivity contribution is 7.19. The first-order valence-electron chi connectivity index (χ1n) is 4.72. The average Bonchev–Trinajstić information content (AvgIpc) is 2.59. The van der Waals surface area contributed by atoms with Gasteiger partial charge in [-0.05, 0) is 17.5 Å². The quantitative estimate of drug-likeness (QED) is 0.845. The lowest BCUT2D eigenvalue weighted by Gasteiger charge is -2.00. The van der Waals surface area contributed by atoms with E-state index >= 15 is 0 Å². The highest BCUT2D eigenvalue weighted by Gasteiger charge is 2.03. The average molecular weight is 227 g/mol. The Morgan fingerprint density at radius 2 is 2.07 bits per heavy atom. The third-order valence-electron chi connectivity index (χ3n) is 2.07. The number of fused-ring (bicyclic) bond motifs is 1. The van der Waals surface area contributed by atoms with Crippen LogP contribution >= 0.6 is 11.3 Å². The van der Waals surface area contributed by atoms with Gasteiger partial charge in [0.25, 0.3) is 6.43 Å². The molecule has 0 aliphatic heterocycles. The molecule has 0 saturated carbocycles. The van der Waals surface area contributed by atoms with Crippen LogP contribution in [-0.2, 0) is 6.54 Å². The second-order valence-corrected chi connectivity index (χ2v) is 4.44. The van der Waals surface area contributed by atoms with E-state index in [9.17, 15) is 8.78 Å². The second-order valence-electron chi connectivity index (χ2n) is 3.27. The van der Waals surface area contributed by atoms with Gasteiger partial charge >= 0.3 is 0 Å². The molecule has 4 heteroatoms. The van der Waals surface area contributed by atoms with Crippen LogP contribution in [0.3, 0.4) is 0 Å². The summed E-state index contributed by atoms with van der Waals surface area (Å²) in [6.07, 6.45) is -2.28. The fraction of sp³-hybridized carbons (Fsp3) is 0.273. The highest BCUT2D eigenvalue weighted by Crippen LogP contribution is 2.24. The van der Waals surface area contributed by atoms with E-state index in [0.29, 0.717) is 6.54 Å². The Kier molecular flexibility index (Phi) is 3.28. The van der Waals surface area contributed by atoms with Crippen LogP contribution in [0.5, 0.6) is 0 Å². The van der Waals surface area contributed by atoms with Crippen molar-refractivity contribution in [2.75, 3.05) is 6.54 Å². The molecule has 0 aliphatic carbocycles. The fourth-order valence-corrected chi connectivity index (χ4v) is 2.46. The van der Waals surface area contributed by atoms with Crippen molar-refractivity contribution < 1.29 is 8.78 Å². The summed E-state index contributed by atoms with van der Waals surface area (Å²) in [6, 6.07) is 10.1. The summed E-state index contributed by atoms with van der Waals surface area (Å²) in [7, 11) is 0. The molecule has 2 rings (SSSR count). The van der Waals surface area contributed by atoms with E-state index < -0.39 is 6.43 Å². The number of nitrogens with one attached hydrogen (secondary N) is 1. The molecule has 0 radical (unpaired) electrons. The SMILES string of the molecule is FC(F)CNCc1cc2ccccc2s1. The molecule has 0 spiro atoms. The molecule has 0 atom stereocenters. The first-order chi connectivity index (χ1) is 7.25. The van der Waals surface area contributed by atoms with Gasteiger partial charge in [-0.2, -0.15) is 0 Å². The van der Waals surface area contributed by atoms with Crippen molar-refractivity contribution in [3.05, 3.63) is 35.2 Å². The van der Waals surface area contributed by atoms with Crippen LogP contribution in [0.2, 0.25) is 0 Å². The third-order valence-corrected chi connectivity index (χ3v) is 3.19. The van der Waals surface area contributed by atoms with Gasteiger partial charge in [0.05, 0.1) is 6.54 Å². The molecule has 1 aromatic heterocycles. The van der Waals surface area contributed by atoms with Gasteiger partial charge in [-0.1, -0.05) is 18.2 Å². The van der Waals surface area contributed by atoms with Gasteiger partial charge in [0, 0.05) is 16.1 Å². The van der Waals surface area contributed by atoms with E-state index in [-0.39, 0.29) is 6.54 Å². The van der Waals surface area contributed by atoms with Gasteiger partial charge in [-0.15, -0.1) is 11.3 Å². The van der Waals surface area contributed by atoms with E-state index in [0.717, 1.165) is 4.88 Å². The summed E-state index contributed by atoms with van der Waals surface area (Å²) in [4.78, 5) is 1.09. The molecule has 0 unspecified atom stereocenters. The Hall–Kier alpha value is -1.00. The highest BCUT2D eigenvalue weighted by atomic mass is 32.1. The molecule has 1 N–H and O–H groups in total. The Labute approximate surface area is 90.7 Å². The molecule has 1 nitrogen and oxygen atoms in total. The first kappa shape index (κ1) is 10.5. The van der Waals surface area contributed by atoms with E-state index in [1.807, 2.05) is 30.3 Å². The van der Waals surface area contributed by atoms with Crippen LogP contribution in [0.25, 0.3) is 10.1 Å². The van der Waals surface area contributed by atoms with Gasteiger partial charge in [0.2, 0.25) is 0 Å². The molecule has 1 aromatic carbocycles. The lowest BCUT2D eigenvalue weighted by Crippen LogP contribution is -2.19. The van der Waals surface area contributed by atoms with Gasteiger partial charge in [0.15, 0.2) is 0 Å². The predicted molar refractivity (Wildman–Crippen MR) is 59.5 cm³/mol. The number of hydrogen-bond acceptors (Lipinski definition) is 2. The molecule has 15 heavy (non-hydrogen) atoms. The van der Waals surface area contributed by atoms with E-state index in [1.54, 1.807) is 11.3 Å². The Morgan fingerprint density at radius 1 is 1.27 bits per heavy atom. The summed E-state index contributed by atoms with van der Waals surface area (Å²) in [6.45, 7) is 0.276. The van der Waals surface area contributed by atoms with Gasteiger partial charge in [-0.25, -0.2) is 8.78 Å². The van der Waals surface area contributed by atoms with Crippen molar-refractivity contribution in [3.8, 4) is 0 Å². The number of hydrogen-bond donors (Lipinski definition) is 1. The zero-order chi connectivity index (χ0) is 10.7. The summed E-state index contributed by atoms with van der Waals surface area (Å²) < 4.78 is 25.0. The standard InChI is InChI=1S/C11H11F2NS/c12-11(13)7-14-6-9-5-8-3-1-2-4-10(8)15-9/h1-5,11,14H,6-7H2. The summed E-state index contributed by atoms with van der Waals surface area (Å²) in [5.74, 6) is 0. The summed E-state index contributed by atoms with van der Waals surface area (Å²) in [5.41, 5.74) is 0. The molecular formula is C11H11F2NS. The molecule has 80 valence electrons. The minimum Gasteiger partial charge on any atom is -0.306 e. The number of thiophene rings is 1. The lowest BCUT2D eigenvalue weighted by atomic mass is 10.2. The van der Waals surface area contributed by atoms with Crippen LogP contribution in [-0.4, -0.2) is 13.0 Å². The maximum atomic E-state index is 11.9. The van der Waals surface area contributed by atoms with Crippen LogP contribution < -0.4 is 5.32 Å². The van der Waals surface area contributed by atoms with E-state index in [4.69, 9.17) is 0 Å². The zero-order valence-corrected chi connectivity index (χ0v) is 8.86. The fourth-order valence-electron chi connectivity index (χ4n) is 1.43. The monoisotopic (exact) mass is 227 g/mol. The van der Waals surface area contributed by atoms with Crippen molar-refractivity contribution in [1.29, 1.82) is 0 Å². The minimum absolute atomic E-state index is 0.242. The maximum Gasteiger partial charge on any atom is 0.250 e. The molecule has 0 amide bonds. The minimum atomic E-state index is -2.28. The number of rotatable bonds is 4. The molecule has 1 heterocycles. The van der Waals surface area contributed by atoms with E-state index in [2.05, 4.69) is 5.32 Å². The summed E-state index contributed by atoms with van der Waals surface area (Å²) >= 11 is 1.64. The zero-order valence-electron chi connectivity index (χ0n) is 8.04. The molecule has 0 bridgehead atoms. The normalized spacial score (nSPS) is 11.4. The number of alkyl halides is 2. The maximum absolute atomic E-state index is 11.9. The lowest BCUT2D eigenvalue weighted by molar-refractivity contribution is 0.145. The van der Waals surface area contributed by atoms with Crippen LogP contribution in [0, 0.1) is 0 Å². The molecule has 0 aliphatic rings. The molecular weight excluding hydrogens is 216 g/mol. The van der Waals surface area contributed by atoms with Crippen LogP contribution in [0.4, 0.5) is 8.78 Å². The van der Waals surface area contributed by atoms with Crippen molar-refractivity contribution in [2.24, 2.45) is 0 Å². The van der Waals surface area contributed by atoms with Crippen molar-refractivity contribution in [3.63, 3.8) is 0 Å². The van der Waals surface area contributed by atoms with Gasteiger partial charge in [-0.3, -0.25) is 0 Å². The summed E-state index contributed by atoms with van der Waals surface area (Å²) in [5, 5.41) is 3.90. The Balaban J connectivity index is 2.03. The topological polar surface area (TPSA) is 12.0 Å². The second kappa shape index (κ2) is 4.68. The van der Waals surface area contributed by atoms with Gasteiger partial charge < -0.3 is 5.32 Å². The molecule has 0 fully saturated rings. The largest absolute Gasteiger partial charge is 0.306 e. The third kappa shape index (κ3) is 2.73. The van der Waals surface area contributed by atoms with Crippen molar-refractivity contribution >= 4 is 21.4 Å². The molecule has 2 aromatic rings. The van der Waals surface area contributed by atoms with Gasteiger partial charge in [0.1, 0.15) is 0 Å². The Bertz CT molecular complexity index is 406. The Morgan fingerprint density at radius 3 is 2.80 bits per heavy atom. The first-order valence-corrected chi connectivity index (χ1v) is 5.53. The number of halogens is 2. The van der Waals surface area contributed by atoms with Crippen molar-refractivity contribution in [2.45, 2.75) is 13.0 Å². The molecule has 0 saturated heterocycles.